The first-order valence-corrected chi connectivity index (χ1v) is 5.83. The molecule has 2 N–H and O–H groups in total. The van der Waals surface area contributed by atoms with Crippen molar-refractivity contribution in [1.82, 2.24) is 15.0 Å². The number of nitrogens with zero attached hydrogens (tertiary/aromatic N) is 2. The minimum atomic E-state index is -0.967. The molecular weight excluding hydrogens is 218 g/mol. The molecule has 88 valence electrons. The fourth-order valence-electron chi connectivity index (χ4n) is 2.43. The molecule has 3 rings (SSSR count). The highest BCUT2D eigenvalue weighted by Gasteiger charge is 2.20. The zero-order valence-corrected chi connectivity index (χ0v) is 9.31. The molecule has 2 aromatic rings. The Bertz CT molecular complexity index is 570. The molecule has 1 fully saturated rings. The third kappa shape index (κ3) is 1.77. The highest BCUT2D eigenvalue weighted by atomic mass is 16.4. The van der Waals surface area contributed by atoms with Crippen LogP contribution in [0.4, 0.5) is 0 Å². The van der Waals surface area contributed by atoms with Gasteiger partial charge in [0.2, 0.25) is 0 Å². The standard InChI is InChI=1S/C12H13N3O2/c16-12(17)9-5-8-6-13-10(15-11(8)14-9)7-3-1-2-4-7/h5-7H,1-4H2,(H,16,17)(H,13,14,15). The van der Waals surface area contributed by atoms with Crippen LogP contribution in [-0.2, 0) is 0 Å². The highest BCUT2D eigenvalue weighted by Crippen LogP contribution is 2.32. The number of carbonyl (C=O) groups is 1. The van der Waals surface area contributed by atoms with Gasteiger partial charge in [-0.2, -0.15) is 0 Å². The number of aromatic nitrogens is 3. The van der Waals surface area contributed by atoms with E-state index in [0.29, 0.717) is 11.6 Å². The molecule has 0 amide bonds. The number of carboxylic acids is 1. The van der Waals surface area contributed by atoms with Crippen LogP contribution in [0.5, 0.6) is 0 Å². The van der Waals surface area contributed by atoms with Gasteiger partial charge in [0.25, 0.3) is 0 Å². The summed E-state index contributed by atoms with van der Waals surface area (Å²) in [7, 11) is 0. The first kappa shape index (κ1) is 10.3. The van der Waals surface area contributed by atoms with E-state index in [1.54, 1.807) is 12.3 Å². The van der Waals surface area contributed by atoms with Crippen molar-refractivity contribution in [1.29, 1.82) is 0 Å². The Morgan fingerprint density at radius 2 is 2.18 bits per heavy atom. The Labute approximate surface area is 97.9 Å². The second-order valence-corrected chi connectivity index (χ2v) is 4.50. The smallest absolute Gasteiger partial charge is 0.352 e. The van der Waals surface area contributed by atoms with Gasteiger partial charge in [0, 0.05) is 17.5 Å². The van der Waals surface area contributed by atoms with E-state index in [1.165, 1.54) is 12.8 Å². The Hall–Kier alpha value is -1.91. The van der Waals surface area contributed by atoms with Gasteiger partial charge < -0.3 is 10.1 Å². The summed E-state index contributed by atoms with van der Waals surface area (Å²) in [6.07, 6.45) is 6.45. The van der Waals surface area contributed by atoms with E-state index in [-0.39, 0.29) is 5.69 Å². The van der Waals surface area contributed by atoms with Gasteiger partial charge in [0.1, 0.15) is 17.2 Å². The zero-order valence-electron chi connectivity index (χ0n) is 9.31. The predicted octanol–water partition coefficient (Wildman–Crippen LogP) is 2.31. The number of fused-ring (bicyclic) bond motifs is 1. The third-order valence-electron chi connectivity index (χ3n) is 3.34. The van der Waals surface area contributed by atoms with Gasteiger partial charge >= 0.3 is 5.97 Å². The van der Waals surface area contributed by atoms with E-state index >= 15 is 0 Å². The molecule has 17 heavy (non-hydrogen) atoms. The van der Waals surface area contributed by atoms with Crippen molar-refractivity contribution in [3.63, 3.8) is 0 Å². The lowest BCUT2D eigenvalue weighted by Crippen LogP contribution is -2.00. The topological polar surface area (TPSA) is 78.9 Å². The Balaban J connectivity index is 2.02. The SMILES string of the molecule is O=C(O)c1cc2cnc(C3CCCC3)nc2[nH]1. The highest BCUT2D eigenvalue weighted by molar-refractivity contribution is 5.92. The van der Waals surface area contributed by atoms with Crippen molar-refractivity contribution in [2.45, 2.75) is 31.6 Å². The number of rotatable bonds is 2. The van der Waals surface area contributed by atoms with Crippen LogP contribution in [0.2, 0.25) is 0 Å². The molecule has 0 aromatic carbocycles. The van der Waals surface area contributed by atoms with E-state index in [9.17, 15) is 4.79 Å². The fraction of sp³-hybridized carbons (Fsp3) is 0.417. The molecule has 1 aliphatic carbocycles. The molecule has 0 radical (unpaired) electrons. The van der Waals surface area contributed by atoms with E-state index in [0.717, 1.165) is 24.1 Å². The van der Waals surface area contributed by atoms with Crippen LogP contribution in [-0.4, -0.2) is 26.0 Å². The first-order valence-electron chi connectivity index (χ1n) is 5.83. The summed E-state index contributed by atoms with van der Waals surface area (Å²) in [6, 6.07) is 1.57. The van der Waals surface area contributed by atoms with Crippen LogP contribution in [0, 0.1) is 0 Å². The summed E-state index contributed by atoms with van der Waals surface area (Å²) in [5.74, 6) is 0.315. The third-order valence-corrected chi connectivity index (χ3v) is 3.34. The maximum atomic E-state index is 10.8. The van der Waals surface area contributed by atoms with Gasteiger partial charge in [-0.05, 0) is 18.9 Å². The maximum absolute atomic E-state index is 10.8. The lowest BCUT2D eigenvalue weighted by molar-refractivity contribution is 0.0691. The first-order chi connectivity index (χ1) is 8.24. The quantitative estimate of drug-likeness (QED) is 0.831. The van der Waals surface area contributed by atoms with Crippen molar-refractivity contribution in [2.75, 3.05) is 0 Å². The number of hydrogen-bond donors (Lipinski definition) is 2. The minimum absolute atomic E-state index is 0.165. The van der Waals surface area contributed by atoms with Crippen molar-refractivity contribution in [3.8, 4) is 0 Å². The summed E-state index contributed by atoms with van der Waals surface area (Å²) < 4.78 is 0. The summed E-state index contributed by atoms with van der Waals surface area (Å²) in [6.45, 7) is 0. The second kappa shape index (κ2) is 3.84. The molecule has 5 nitrogen and oxygen atoms in total. The van der Waals surface area contributed by atoms with E-state index < -0.39 is 5.97 Å². The van der Waals surface area contributed by atoms with Crippen molar-refractivity contribution in [3.05, 3.63) is 23.8 Å². The van der Waals surface area contributed by atoms with Crippen LogP contribution in [0.1, 0.15) is 47.9 Å². The van der Waals surface area contributed by atoms with Gasteiger partial charge in [0.05, 0.1) is 0 Å². The fourth-order valence-corrected chi connectivity index (χ4v) is 2.43. The molecule has 0 saturated heterocycles. The van der Waals surface area contributed by atoms with Gasteiger partial charge in [-0.25, -0.2) is 14.8 Å². The average Bonchev–Trinajstić information content (AvgIpc) is 2.97. The predicted molar refractivity (Wildman–Crippen MR) is 62.1 cm³/mol. The van der Waals surface area contributed by atoms with Gasteiger partial charge in [-0.1, -0.05) is 12.8 Å². The normalized spacial score (nSPS) is 16.7. The van der Waals surface area contributed by atoms with Crippen molar-refractivity contribution >= 4 is 17.0 Å². The molecule has 0 atom stereocenters. The molecule has 1 aliphatic rings. The van der Waals surface area contributed by atoms with Crippen molar-refractivity contribution in [2.24, 2.45) is 0 Å². The molecule has 1 saturated carbocycles. The molecule has 0 unspecified atom stereocenters. The molecule has 5 heteroatoms. The van der Waals surface area contributed by atoms with E-state index in [4.69, 9.17) is 5.11 Å². The Kier molecular flexibility index (Phi) is 2.31. The monoisotopic (exact) mass is 231 g/mol. The van der Waals surface area contributed by atoms with Crippen molar-refractivity contribution < 1.29 is 9.90 Å². The number of nitrogens with one attached hydrogen (secondary N) is 1. The van der Waals surface area contributed by atoms with Crippen LogP contribution in [0.15, 0.2) is 12.3 Å². The molecular formula is C12H13N3O2. The number of H-pyrrole nitrogens is 1. The summed E-state index contributed by atoms with van der Waals surface area (Å²) in [5, 5.41) is 9.64. The number of aromatic carboxylic acids is 1. The molecule has 2 aromatic heterocycles. The lowest BCUT2D eigenvalue weighted by Gasteiger charge is -2.05. The van der Waals surface area contributed by atoms with Crippen LogP contribution in [0.25, 0.3) is 11.0 Å². The Morgan fingerprint density at radius 1 is 1.41 bits per heavy atom. The van der Waals surface area contributed by atoms with Crippen LogP contribution in [0.3, 0.4) is 0 Å². The molecule has 0 spiro atoms. The van der Waals surface area contributed by atoms with Crippen LogP contribution < -0.4 is 0 Å². The zero-order chi connectivity index (χ0) is 11.8. The Morgan fingerprint density at radius 3 is 2.88 bits per heavy atom. The van der Waals surface area contributed by atoms with E-state index in [2.05, 4.69) is 15.0 Å². The van der Waals surface area contributed by atoms with E-state index in [1.807, 2.05) is 0 Å². The largest absolute Gasteiger partial charge is 0.477 e. The number of aromatic amines is 1. The molecule has 2 heterocycles. The molecule has 0 aliphatic heterocycles. The number of carboxylic acid groups (broad SMARTS) is 1. The summed E-state index contributed by atoms with van der Waals surface area (Å²) in [4.78, 5) is 22.4. The lowest BCUT2D eigenvalue weighted by atomic mass is 10.1. The number of hydrogen-bond acceptors (Lipinski definition) is 3. The summed E-state index contributed by atoms with van der Waals surface area (Å²) >= 11 is 0. The molecule has 0 bridgehead atoms. The second-order valence-electron chi connectivity index (χ2n) is 4.50. The van der Waals surface area contributed by atoms with Gasteiger partial charge in [-0.3, -0.25) is 0 Å². The average molecular weight is 231 g/mol. The minimum Gasteiger partial charge on any atom is -0.477 e. The summed E-state index contributed by atoms with van der Waals surface area (Å²) in [5.41, 5.74) is 0.789. The van der Waals surface area contributed by atoms with Crippen LogP contribution >= 0.6 is 0 Å². The van der Waals surface area contributed by atoms with Gasteiger partial charge in [-0.15, -0.1) is 0 Å². The van der Waals surface area contributed by atoms with Gasteiger partial charge in [0.15, 0.2) is 0 Å². The maximum Gasteiger partial charge on any atom is 0.352 e.